The van der Waals surface area contributed by atoms with Crippen molar-refractivity contribution in [3.63, 3.8) is 0 Å². The van der Waals surface area contributed by atoms with Crippen LogP contribution >= 0.6 is 12.4 Å². The molecule has 7 heteroatoms. The van der Waals surface area contributed by atoms with Gasteiger partial charge in [0.25, 0.3) is 0 Å². The highest BCUT2D eigenvalue weighted by molar-refractivity contribution is 5.98. The quantitative estimate of drug-likeness (QED) is 0.628. The number of carbonyl (C=O) groups is 2. The molecule has 162 valence electrons. The van der Waals surface area contributed by atoms with Crippen molar-refractivity contribution in [2.75, 3.05) is 12.4 Å². The molecule has 1 aliphatic rings. The molecule has 2 amide bonds. The van der Waals surface area contributed by atoms with Crippen LogP contribution in [0.1, 0.15) is 31.4 Å². The molecule has 0 radical (unpaired) electrons. The lowest BCUT2D eigenvalue weighted by molar-refractivity contribution is -0.128. The van der Waals surface area contributed by atoms with Gasteiger partial charge in [0.1, 0.15) is 11.8 Å². The van der Waals surface area contributed by atoms with Gasteiger partial charge in [0, 0.05) is 12.2 Å². The van der Waals surface area contributed by atoms with Crippen LogP contribution in [0.3, 0.4) is 0 Å². The molecule has 0 unspecified atom stereocenters. The number of carbonyl (C=O) groups excluding carboxylic acids is 2. The molecule has 2 atom stereocenters. The van der Waals surface area contributed by atoms with Crippen LogP contribution in [0.5, 0.6) is 5.75 Å². The van der Waals surface area contributed by atoms with Crippen LogP contribution < -0.4 is 20.7 Å². The first-order chi connectivity index (χ1) is 14.0. The first-order valence-corrected chi connectivity index (χ1v) is 10.0. The number of benzene rings is 2. The van der Waals surface area contributed by atoms with Crippen LogP contribution in [-0.4, -0.2) is 31.0 Å². The zero-order chi connectivity index (χ0) is 20.8. The van der Waals surface area contributed by atoms with Gasteiger partial charge in [-0.15, -0.1) is 12.4 Å². The largest absolute Gasteiger partial charge is 0.497 e. The minimum Gasteiger partial charge on any atom is -0.497 e. The lowest BCUT2D eigenvalue weighted by Gasteiger charge is -2.28. The molecule has 0 fully saturated rings. The first kappa shape index (κ1) is 23.7. The molecule has 0 spiro atoms. The van der Waals surface area contributed by atoms with Crippen LogP contribution in [0.2, 0.25) is 0 Å². The Bertz CT molecular complexity index is 855. The van der Waals surface area contributed by atoms with Crippen molar-refractivity contribution in [3.8, 4) is 5.75 Å². The average Bonchev–Trinajstić information content (AvgIpc) is 2.73. The number of hydrogen-bond donors (Lipinski definition) is 3. The number of anilines is 1. The van der Waals surface area contributed by atoms with Gasteiger partial charge in [0.15, 0.2) is 0 Å². The van der Waals surface area contributed by atoms with Crippen molar-refractivity contribution >= 4 is 29.9 Å². The molecule has 2 aromatic carbocycles. The second-order valence-corrected chi connectivity index (χ2v) is 7.81. The van der Waals surface area contributed by atoms with E-state index < -0.39 is 6.04 Å². The minimum absolute atomic E-state index is 0. The fourth-order valence-corrected chi connectivity index (χ4v) is 3.52. The molecule has 0 aromatic heterocycles. The van der Waals surface area contributed by atoms with E-state index in [2.05, 4.69) is 28.1 Å². The summed E-state index contributed by atoms with van der Waals surface area (Å²) >= 11 is 0. The van der Waals surface area contributed by atoms with Crippen molar-refractivity contribution in [2.24, 2.45) is 5.92 Å². The molecule has 1 aliphatic heterocycles. The van der Waals surface area contributed by atoms with E-state index in [1.165, 1.54) is 11.1 Å². The fraction of sp³-hybridized carbons (Fsp3) is 0.391. The summed E-state index contributed by atoms with van der Waals surface area (Å²) in [5, 5.41) is 9.12. The lowest BCUT2D eigenvalue weighted by atomic mass is 9.95. The summed E-state index contributed by atoms with van der Waals surface area (Å²) in [6, 6.07) is 14.3. The Kier molecular flexibility index (Phi) is 8.69. The molecular weight excluding hydrogens is 402 g/mol. The summed E-state index contributed by atoms with van der Waals surface area (Å²) in [5.41, 5.74) is 3.06. The van der Waals surface area contributed by atoms with Crippen molar-refractivity contribution in [1.82, 2.24) is 10.6 Å². The maximum absolute atomic E-state index is 12.9. The van der Waals surface area contributed by atoms with Gasteiger partial charge in [-0.2, -0.15) is 0 Å². The van der Waals surface area contributed by atoms with Gasteiger partial charge in [-0.25, -0.2) is 0 Å². The third kappa shape index (κ3) is 6.21. The third-order valence-corrected chi connectivity index (χ3v) is 5.10. The van der Waals surface area contributed by atoms with E-state index in [1.54, 1.807) is 31.4 Å². The Balaban J connectivity index is 0.00000320. The molecular formula is C23H30ClN3O3. The van der Waals surface area contributed by atoms with Gasteiger partial charge >= 0.3 is 0 Å². The SMILES string of the molecule is COc1ccc(NC(=O)[C@@H](CC(C)C)NC(=O)[C@@H]2Cc3ccccc3CN2)cc1.Cl. The minimum atomic E-state index is -0.594. The van der Waals surface area contributed by atoms with Gasteiger partial charge in [-0.3, -0.25) is 9.59 Å². The van der Waals surface area contributed by atoms with Crippen LogP contribution in [-0.2, 0) is 22.6 Å². The molecule has 0 aliphatic carbocycles. The Morgan fingerprint density at radius 1 is 1.10 bits per heavy atom. The molecule has 0 saturated heterocycles. The highest BCUT2D eigenvalue weighted by Gasteiger charge is 2.28. The number of nitrogens with one attached hydrogen (secondary N) is 3. The molecule has 1 heterocycles. The van der Waals surface area contributed by atoms with Crippen molar-refractivity contribution < 1.29 is 14.3 Å². The van der Waals surface area contributed by atoms with Crippen LogP contribution in [0.25, 0.3) is 0 Å². The van der Waals surface area contributed by atoms with E-state index in [-0.39, 0.29) is 36.2 Å². The van der Waals surface area contributed by atoms with Gasteiger partial charge in [0.2, 0.25) is 11.8 Å². The van der Waals surface area contributed by atoms with E-state index in [1.807, 2.05) is 26.0 Å². The lowest BCUT2D eigenvalue weighted by Crippen LogP contribution is -2.53. The number of amides is 2. The molecule has 2 aromatic rings. The predicted molar refractivity (Wildman–Crippen MR) is 121 cm³/mol. The van der Waals surface area contributed by atoms with Crippen molar-refractivity contribution in [2.45, 2.75) is 45.3 Å². The standard InChI is InChI=1S/C23H29N3O3.ClH/c1-15(2)12-21(23(28)25-18-8-10-19(29-3)11-9-18)26-22(27)20-13-16-6-4-5-7-17(16)14-24-20;/h4-11,15,20-21,24H,12-14H2,1-3H3,(H,25,28)(H,26,27);1H/t20-,21+;/m0./s1. The van der Waals surface area contributed by atoms with E-state index in [0.29, 0.717) is 25.1 Å². The van der Waals surface area contributed by atoms with Crippen molar-refractivity contribution in [1.29, 1.82) is 0 Å². The average molecular weight is 432 g/mol. The first-order valence-electron chi connectivity index (χ1n) is 10.0. The molecule has 0 bridgehead atoms. The van der Waals surface area contributed by atoms with Crippen molar-refractivity contribution in [3.05, 3.63) is 59.7 Å². The van der Waals surface area contributed by atoms with Crippen LogP contribution in [0, 0.1) is 5.92 Å². The molecule has 30 heavy (non-hydrogen) atoms. The fourth-order valence-electron chi connectivity index (χ4n) is 3.52. The number of hydrogen-bond acceptors (Lipinski definition) is 4. The summed E-state index contributed by atoms with van der Waals surface area (Å²) in [7, 11) is 1.60. The Morgan fingerprint density at radius 2 is 1.77 bits per heavy atom. The highest BCUT2D eigenvalue weighted by atomic mass is 35.5. The number of fused-ring (bicyclic) bond motifs is 1. The molecule has 0 saturated carbocycles. The summed E-state index contributed by atoms with van der Waals surface area (Å²) < 4.78 is 5.14. The second-order valence-electron chi connectivity index (χ2n) is 7.81. The zero-order valence-electron chi connectivity index (χ0n) is 17.6. The monoisotopic (exact) mass is 431 g/mol. The number of rotatable bonds is 7. The van der Waals surface area contributed by atoms with E-state index >= 15 is 0 Å². The summed E-state index contributed by atoms with van der Waals surface area (Å²) in [6.07, 6.45) is 1.19. The Morgan fingerprint density at radius 3 is 2.40 bits per heavy atom. The summed E-state index contributed by atoms with van der Waals surface area (Å²) in [6.45, 7) is 4.73. The smallest absolute Gasteiger partial charge is 0.246 e. The summed E-state index contributed by atoms with van der Waals surface area (Å²) in [4.78, 5) is 25.7. The van der Waals surface area contributed by atoms with Gasteiger partial charge in [-0.1, -0.05) is 38.1 Å². The Hall–Kier alpha value is -2.57. The summed E-state index contributed by atoms with van der Waals surface area (Å²) in [5.74, 6) is 0.629. The van der Waals surface area contributed by atoms with Gasteiger partial charge in [0.05, 0.1) is 13.2 Å². The normalized spacial score (nSPS) is 16.1. The van der Waals surface area contributed by atoms with E-state index in [4.69, 9.17) is 4.74 Å². The highest BCUT2D eigenvalue weighted by Crippen LogP contribution is 2.18. The maximum atomic E-state index is 12.9. The van der Waals surface area contributed by atoms with Crippen LogP contribution in [0.15, 0.2) is 48.5 Å². The number of methoxy groups -OCH3 is 1. The van der Waals surface area contributed by atoms with Gasteiger partial charge in [-0.05, 0) is 54.2 Å². The second kappa shape index (κ2) is 11.0. The number of halogens is 1. The maximum Gasteiger partial charge on any atom is 0.246 e. The molecule has 3 N–H and O–H groups in total. The predicted octanol–water partition coefficient (Wildman–Crippen LogP) is 3.30. The number of ether oxygens (including phenoxy) is 1. The van der Waals surface area contributed by atoms with Gasteiger partial charge < -0.3 is 20.7 Å². The van der Waals surface area contributed by atoms with E-state index in [0.717, 1.165) is 5.75 Å². The molecule has 6 nitrogen and oxygen atoms in total. The topological polar surface area (TPSA) is 79.5 Å². The third-order valence-electron chi connectivity index (χ3n) is 5.10. The van der Waals surface area contributed by atoms with E-state index in [9.17, 15) is 9.59 Å². The van der Waals surface area contributed by atoms with Crippen LogP contribution in [0.4, 0.5) is 5.69 Å². The zero-order valence-corrected chi connectivity index (χ0v) is 18.4. The Labute approximate surface area is 184 Å². The molecule has 3 rings (SSSR count).